The summed E-state index contributed by atoms with van der Waals surface area (Å²) in [5.41, 5.74) is 1.88. The van der Waals surface area contributed by atoms with Crippen LogP contribution in [-0.2, 0) is 4.79 Å². The third-order valence-corrected chi connectivity index (χ3v) is 4.13. The fraction of sp³-hybridized carbons (Fsp3) is 0.143. The molecule has 2 heterocycles. The summed E-state index contributed by atoms with van der Waals surface area (Å²) in [6.07, 6.45) is 5.06. The number of hydrogen-bond acceptors (Lipinski definition) is 4. The van der Waals surface area contributed by atoms with E-state index < -0.39 is 0 Å². The van der Waals surface area contributed by atoms with Crippen LogP contribution in [0.5, 0.6) is 5.75 Å². The van der Waals surface area contributed by atoms with Gasteiger partial charge >= 0.3 is 0 Å². The van der Waals surface area contributed by atoms with Crippen molar-refractivity contribution in [2.45, 2.75) is 5.25 Å². The first-order chi connectivity index (χ1) is 8.78. The van der Waals surface area contributed by atoms with Gasteiger partial charge in [-0.3, -0.25) is 4.79 Å². The number of allylic oxidation sites excluding steroid dienone is 1. The van der Waals surface area contributed by atoms with Gasteiger partial charge in [0.1, 0.15) is 10.8 Å². The lowest BCUT2D eigenvalue weighted by Gasteiger charge is -2.08. The van der Waals surface area contributed by atoms with Crippen molar-refractivity contribution in [3.05, 3.63) is 53.8 Å². The summed E-state index contributed by atoms with van der Waals surface area (Å²) in [7, 11) is 1.65. The van der Waals surface area contributed by atoms with Gasteiger partial charge < -0.3 is 4.74 Å². The number of carbonyl (C=O) groups is 1. The Labute approximate surface area is 121 Å². The second-order valence-electron chi connectivity index (χ2n) is 4.01. The minimum Gasteiger partial charge on any atom is -0.497 e. The maximum Gasteiger partial charge on any atom is 0.189 e. The molecule has 2 aliphatic rings. The average molecular weight is 294 g/mol. The SMILES string of the molecule is COc1ccc(C2C=C3C(=O)C=CN=C3S2)cc1.Cl. The highest BCUT2D eigenvalue weighted by atomic mass is 35.5. The van der Waals surface area contributed by atoms with Gasteiger partial charge in [-0.25, -0.2) is 4.99 Å². The molecule has 2 aliphatic heterocycles. The first kappa shape index (κ1) is 13.9. The topological polar surface area (TPSA) is 38.7 Å². The molecule has 19 heavy (non-hydrogen) atoms. The highest BCUT2D eigenvalue weighted by Gasteiger charge is 2.28. The molecule has 98 valence electrons. The molecule has 0 aromatic heterocycles. The highest BCUT2D eigenvalue weighted by molar-refractivity contribution is 8.15. The lowest BCUT2D eigenvalue weighted by atomic mass is 10.1. The molecule has 1 atom stereocenters. The predicted molar refractivity (Wildman–Crippen MR) is 80.2 cm³/mol. The molecule has 0 saturated carbocycles. The van der Waals surface area contributed by atoms with Crippen molar-refractivity contribution in [1.29, 1.82) is 0 Å². The number of hydrogen-bond donors (Lipinski definition) is 0. The van der Waals surface area contributed by atoms with E-state index in [1.54, 1.807) is 25.1 Å². The van der Waals surface area contributed by atoms with E-state index in [2.05, 4.69) is 4.99 Å². The Bertz CT molecular complexity index is 590. The highest BCUT2D eigenvalue weighted by Crippen LogP contribution is 2.41. The number of ketones is 1. The van der Waals surface area contributed by atoms with Crippen LogP contribution < -0.4 is 4.74 Å². The Morgan fingerprint density at radius 2 is 2.00 bits per heavy atom. The van der Waals surface area contributed by atoms with Gasteiger partial charge in [-0.2, -0.15) is 0 Å². The van der Waals surface area contributed by atoms with E-state index in [0.717, 1.165) is 21.9 Å². The second kappa shape index (κ2) is 5.63. The van der Waals surface area contributed by atoms with Crippen molar-refractivity contribution in [1.82, 2.24) is 0 Å². The third kappa shape index (κ3) is 2.60. The first-order valence-corrected chi connectivity index (χ1v) is 6.47. The zero-order valence-corrected chi connectivity index (χ0v) is 11.8. The molecule has 1 unspecified atom stereocenters. The van der Waals surface area contributed by atoms with Crippen molar-refractivity contribution in [3.63, 3.8) is 0 Å². The van der Waals surface area contributed by atoms with Crippen molar-refractivity contribution in [2.75, 3.05) is 7.11 Å². The molecule has 0 N–H and O–H groups in total. The number of rotatable bonds is 2. The fourth-order valence-electron chi connectivity index (χ4n) is 1.95. The van der Waals surface area contributed by atoms with Crippen LogP contribution in [0.25, 0.3) is 0 Å². The molecule has 0 bridgehead atoms. The van der Waals surface area contributed by atoms with Crippen LogP contribution in [0.15, 0.2) is 53.2 Å². The van der Waals surface area contributed by atoms with E-state index in [-0.39, 0.29) is 23.4 Å². The van der Waals surface area contributed by atoms with Crippen LogP contribution in [0, 0.1) is 0 Å². The minimum atomic E-state index is 0. The number of carbonyl (C=O) groups excluding carboxylic acids is 1. The summed E-state index contributed by atoms with van der Waals surface area (Å²) < 4.78 is 5.13. The molecule has 0 fully saturated rings. The maximum atomic E-state index is 11.7. The number of thioether (sulfide) groups is 1. The molecule has 1 aromatic rings. The van der Waals surface area contributed by atoms with E-state index in [0.29, 0.717) is 0 Å². The van der Waals surface area contributed by atoms with E-state index in [1.807, 2.05) is 30.3 Å². The van der Waals surface area contributed by atoms with Crippen LogP contribution in [-0.4, -0.2) is 17.9 Å². The zero-order chi connectivity index (χ0) is 12.5. The summed E-state index contributed by atoms with van der Waals surface area (Å²) in [6, 6.07) is 7.89. The standard InChI is InChI=1S/C14H11NO2S.ClH/c1-17-10-4-2-9(3-5-10)13-8-11-12(16)6-7-15-14(11)18-13;/h2-8,13H,1H3;1H. The van der Waals surface area contributed by atoms with Crippen LogP contribution in [0.2, 0.25) is 0 Å². The molecule has 0 radical (unpaired) electrons. The monoisotopic (exact) mass is 293 g/mol. The van der Waals surface area contributed by atoms with Gasteiger partial charge in [-0.15, -0.1) is 12.4 Å². The Morgan fingerprint density at radius 3 is 2.63 bits per heavy atom. The van der Waals surface area contributed by atoms with Gasteiger partial charge in [0.15, 0.2) is 5.78 Å². The molecule has 0 spiro atoms. The third-order valence-electron chi connectivity index (χ3n) is 2.91. The van der Waals surface area contributed by atoms with Crippen LogP contribution >= 0.6 is 24.2 Å². The molecule has 1 aromatic carbocycles. The Hall–Kier alpha value is -1.52. The van der Waals surface area contributed by atoms with Crippen molar-refractivity contribution in [3.8, 4) is 5.75 Å². The number of benzene rings is 1. The molecule has 0 amide bonds. The molecule has 3 nitrogen and oxygen atoms in total. The lowest BCUT2D eigenvalue weighted by Crippen LogP contribution is -2.06. The number of halogens is 1. The molecular weight excluding hydrogens is 282 g/mol. The van der Waals surface area contributed by atoms with E-state index >= 15 is 0 Å². The van der Waals surface area contributed by atoms with Crippen molar-refractivity contribution < 1.29 is 9.53 Å². The smallest absolute Gasteiger partial charge is 0.189 e. The summed E-state index contributed by atoms with van der Waals surface area (Å²) in [4.78, 5) is 15.9. The van der Waals surface area contributed by atoms with Gasteiger partial charge in [-0.1, -0.05) is 30.0 Å². The van der Waals surface area contributed by atoms with Gasteiger partial charge in [0.2, 0.25) is 0 Å². The minimum absolute atomic E-state index is 0. The molecule has 5 heteroatoms. The van der Waals surface area contributed by atoms with Crippen LogP contribution in [0.1, 0.15) is 10.8 Å². The van der Waals surface area contributed by atoms with Crippen molar-refractivity contribution in [2.24, 2.45) is 4.99 Å². The predicted octanol–water partition coefficient (Wildman–Crippen LogP) is 3.33. The quantitative estimate of drug-likeness (QED) is 0.839. The summed E-state index contributed by atoms with van der Waals surface area (Å²) >= 11 is 1.61. The van der Waals surface area contributed by atoms with E-state index in [4.69, 9.17) is 4.74 Å². The number of aliphatic imine (C=N–C) groups is 1. The van der Waals surface area contributed by atoms with Gasteiger partial charge in [0.25, 0.3) is 0 Å². The van der Waals surface area contributed by atoms with E-state index in [9.17, 15) is 4.79 Å². The maximum absolute atomic E-state index is 11.7. The van der Waals surface area contributed by atoms with Gasteiger partial charge in [-0.05, 0) is 17.7 Å². The number of fused-ring (bicyclic) bond motifs is 1. The number of methoxy groups -OCH3 is 1. The van der Waals surface area contributed by atoms with Gasteiger partial charge in [0.05, 0.1) is 17.9 Å². The first-order valence-electron chi connectivity index (χ1n) is 5.59. The number of ether oxygens (including phenoxy) is 1. The normalized spacial score (nSPS) is 20.3. The fourth-order valence-corrected chi connectivity index (χ4v) is 3.10. The van der Waals surface area contributed by atoms with Gasteiger partial charge in [0, 0.05) is 12.3 Å². The molecule has 0 saturated heterocycles. The van der Waals surface area contributed by atoms with E-state index in [1.165, 1.54) is 6.08 Å². The lowest BCUT2D eigenvalue weighted by molar-refractivity contribution is -0.110. The second-order valence-corrected chi connectivity index (χ2v) is 5.14. The molecule has 3 rings (SSSR count). The zero-order valence-electron chi connectivity index (χ0n) is 10.2. The number of nitrogens with zero attached hydrogens (tertiary/aromatic N) is 1. The summed E-state index contributed by atoms with van der Waals surface area (Å²) in [5, 5.41) is 0.983. The van der Waals surface area contributed by atoms with Crippen molar-refractivity contribution >= 4 is 35.0 Å². The molecular formula is C14H12ClNO2S. The van der Waals surface area contributed by atoms with Crippen LogP contribution in [0.3, 0.4) is 0 Å². The molecule has 0 aliphatic carbocycles. The Morgan fingerprint density at radius 1 is 1.26 bits per heavy atom. The van der Waals surface area contributed by atoms with Crippen LogP contribution in [0.4, 0.5) is 0 Å². The largest absolute Gasteiger partial charge is 0.497 e. The summed E-state index contributed by atoms with van der Waals surface area (Å²) in [5.74, 6) is 0.880. The Kier molecular flexibility index (Phi) is 4.12. The average Bonchev–Trinajstić information content (AvgIpc) is 2.84. The summed E-state index contributed by atoms with van der Waals surface area (Å²) in [6.45, 7) is 0. The Balaban J connectivity index is 0.00000133.